The molecule has 2 fully saturated rings. The number of carbonyl (C=O) groups is 2. The summed E-state index contributed by atoms with van der Waals surface area (Å²) in [5, 5.41) is 2.90. The second-order valence-electron chi connectivity index (χ2n) is 7.62. The van der Waals surface area contributed by atoms with Crippen LogP contribution in [-0.4, -0.2) is 74.5 Å². The highest BCUT2D eigenvalue weighted by Gasteiger charge is 2.36. The molecule has 0 radical (unpaired) electrons. The Labute approximate surface area is 165 Å². The first-order chi connectivity index (χ1) is 13.5. The van der Waals surface area contributed by atoms with E-state index in [4.69, 9.17) is 0 Å². The van der Waals surface area contributed by atoms with Crippen LogP contribution in [0.3, 0.4) is 0 Å². The fourth-order valence-electron chi connectivity index (χ4n) is 3.93. The topological polar surface area (TPSA) is 55.9 Å². The number of hydrogen-bond donors (Lipinski definition) is 1. The number of hydrogen-bond acceptors (Lipinski definition) is 4. The van der Waals surface area contributed by atoms with Crippen LogP contribution in [0.5, 0.6) is 0 Å². The largest absolute Gasteiger partial charge is 0.378 e. The summed E-state index contributed by atoms with van der Waals surface area (Å²) in [5.41, 5.74) is 3.90. The molecule has 4 rings (SSSR count). The first kappa shape index (κ1) is 18.5. The summed E-state index contributed by atoms with van der Waals surface area (Å²) in [6.45, 7) is 3.40. The highest BCUT2D eigenvalue weighted by atomic mass is 16.2. The molecule has 1 N–H and O–H groups in total. The molecule has 0 aromatic heterocycles. The number of rotatable bonds is 3. The number of nitrogens with zero attached hydrogens (tertiary/aromatic N) is 3. The van der Waals surface area contributed by atoms with Gasteiger partial charge in [-0.15, -0.1) is 0 Å². The number of piperazine rings is 2. The van der Waals surface area contributed by atoms with Crippen molar-refractivity contribution in [3.8, 4) is 11.1 Å². The zero-order chi connectivity index (χ0) is 19.7. The second kappa shape index (κ2) is 7.64. The van der Waals surface area contributed by atoms with Crippen LogP contribution in [0, 0.1) is 0 Å². The lowest BCUT2D eigenvalue weighted by atomic mass is 10.0. The predicted octanol–water partition coefficient (Wildman–Crippen LogP) is 1.68. The van der Waals surface area contributed by atoms with Crippen molar-refractivity contribution in [2.24, 2.45) is 0 Å². The van der Waals surface area contributed by atoms with Crippen molar-refractivity contribution in [1.82, 2.24) is 15.1 Å². The Hall–Kier alpha value is -2.86. The molecule has 6 heteroatoms. The van der Waals surface area contributed by atoms with Crippen LogP contribution >= 0.6 is 0 Å². The molecule has 2 aliphatic rings. The minimum absolute atomic E-state index is 0.00946. The summed E-state index contributed by atoms with van der Waals surface area (Å²) >= 11 is 0. The van der Waals surface area contributed by atoms with Crippen LogP contribution < -0.4 is 10.2 Å². The number of fused-ring (bicyclic) bond motifs is 1. The fourth-order valence-corrected chi connectivity index (χ4v) is 3.93. The molecule has 0 saturated carbocycles. The maximum absolute atomic E-state index is 13.1. The van der Waals surface area contributed by atoms with E-state index >= 15 is 0 Å². The molecule has 0 aliphatic carbocycles. The molecule has 2 saturated heterocycles. The quantitative estimate of drug-likeness (QED) is 0.883. The molecule has 2 aromatic carbocycles. The Morgan fingerprint density at radius 1 is 1.04 bits per heavy atom. The Bertz CT molecular complexity index is 878. The van der Waals surface area contributed by atoms with Crippen molar-refractivity contribution in [3.05, 3.63) is 54.1 Å². The summed E-state index contributed by atoms with van der Waals surface area (Å²) < 4.78 is 0. The van der Waals surface area contributed by atoms with Gasteiger partial charge in [-0.05, 0) is 35.4 Å². The monoisotopic (exact) mass is 378 g/mol. The van der Waals surface area contributed by atoms with Crippen LogP contribution in [0.2, 0.25) is 0 Å². The van der Waals surface area contributed by atoms with Crippen LogP contribution in [0.1, 0.15) is 10.4 Å². The zero-order valence-corrected chi connectivity index (χ0v) is 16.4. The number of anilines is 1. The maximum atomic E-state index is 13.1. The lowest BCUT2D eigenvalue weighted by molar-refractivity contribution is -0.131. The lowest BCUT2D eigenvalue weighted by Gasteiger charge is -2.43. The van der Waals surface area contributed by atoms with Crippen molar-refractivity contribution in [2.45, 2.75) is 6.04 Å². The van der Waals surface area contributed by atoms with Gasteiger partial charge in [0.25, 0.3) is 5.91 Å². The highest BCUT2D eigenvalue weighted by Crippen LogP contribution is 2.24. The zero-order valence-electron chi connectivity index (χ0n) is 16.4. The summed E-state index contributed by atoms with van der Waals surface area (Å²) in [4.78, 5) is 31.3. The molecule has 2 aromatic rings. The minimum atomic E-state index is -0.229. The van der Waals surface area contributed by atoms with Crippen molar-refractivity contribution in [1.29, 1.82) is 0 Å². The van der Waals surface area contributed by atoms with Gasteiger partial charge in [0.1, 0.15) is 6.04 Å². The number of amides is 2. The van der Waals surface area contributed by atoms with E-state index in [-0.39, 0.29) is 17.9 Å². The Morgan fingerprint density at radius 2 is 1.82 bits per heavy atom. The van der Waals surface area contributed by atoms with Crippen LogP contribution in [0.4, 0.5) is 5.69 Å². The molecule has 2 aliphatic heterocycles. The summed E-state index contributed by atoms with van der Waals surface area (Å²) in [7, 11) is 4.03. The molecule has 0 spiro atoms. The van der Waals surface area contributed by atoms with Crippen molar-refractivity contribution in [2.75, 3.05) is 51.7 Å². The van der Waals surface area contributed by atoms with Gasteiger partial charge < -0.3 is 15.1 Å². The first-order valence-electron chi connectivity index (χ1n) is 9.72. The van der Waals surface area contributed by atoms with Gasteiger partial charge in [0, 0.05) is 58.1 Å². The third-order valence-electron chi connectivity index (χ3n) is 5.61. The van der Waals surface area contributed by atoms with Crippen LogP contribution in [-0.2, 0) is 4.79 Å². The highest BCUT2D eigenvalue weighted by molar-refractivity contribution is 5.96. The Balaban J connectivity index is 1.52. The first-order valence-corrected chi connectivity index (χ1v) is 9.72. The van der Waals surface area contributed by atoms with Crippen molar-refractivity contribution < 1.29 is 9.59 Å². The second-order valence-corrected chi connectivity index (χ2v) is 7.62. The van der Waals surface area contributed by atoms with Gasteiger partial charge in [-0.25, -0.2) is 0 Å². The normalized spacial score (nSPS) is 19.7. The van der Waals surface area contributed by atoms with E-state index in [1.165, 1.54) is 0 Å². The molecule has 2 heterocycles. The van der Waals surface area contributed by atoms with E-state index in [2.05, 4.69) is 39.4 Å². The van der Waals surface area contributed by atoms with Crippen LogP contribution in [0.25, 0.3) is 11.1 Å². The third kappa shape index (κ3) is 3.60. The third-order valence-corrected chi connectivity index (χ3v) is 5.61. The average Bonchev–Trinajstić information content (AvgIpc) is 2.73. The molecule has 146 valence electrons. The van der Waals surface area contributed by atoms with Gasteiger partial charge in [-0.1, -0.05) is 24.3 Å². The minimum Gasteiger partial charge on any atom is -0.378 e. The molecule has 1 atom stereocenters. The molecule has 2 amide bonds. The SMILES string of the molecule is CN(C)c1ccc(-c2cccc(C(=O)N3CCN4CCNC(=O)[C@@H]4C3)c2)cc1. The molecular formula is C22H26N4O2. The fraction of sp³-hybridized carbons (Fsp3) is 0.364. The average molecular weight is 378 g/mol. The van der Waals surface area contributed by atoms with Gasteiger partial charge in [0.05, 0.1) is 0 Å². The van der Waals surface area contributed by atoms with Gasteiger partial charge >= 0.3 is 0 Å². The van der Waals surface area contributed by atoms with Gasteiger partial charge in [0.15, 0.2) is 0 Å². The lowest BCUT2D eigenvalue weighted by Crippen LogP contribution is -2.64. The number of carbonyl (C=O) groups excluding carboxylic acids is 2. The van der Waals surface area contributed by atoms with E-state index in [1.54, 1.807) is 4.90 Å². The number of nitrogens with one attached hydrogen (secondary N) is 1. The van der Waals surface area contributed by atoms with Gasteiger partial charge in [-0.3, -0.25) is 14.5 Å². The van der Waals surface area contributed by atoms with Crippen molar-refractivity contribution >= 4 is 17.5 Å². The predicted molar refractivity (Wildman–Crippen MR) is 110 cm³/mol. The maximum Gasteiger partial charge on any atom is 0.253 e. The summed E-state index contributed by atoms with van der Waals surface area (Å²) in [6.07, 6.45) is 0. The summed E-state index contributed by atoms with van der Waals surface area (Å²) in [5.74, 6) is 0.0169. The van der Waals surface area contributed by atoms with E-state index in [9.17, 15) is 9.59 Å². The molecule has 0 bridgehead atoms. The van der Waals surface area contributed by atoms with Gasteiger partial charge in [0.2, 0.25) is 5.91 Å². The van der Waals surface area contributed by atoms with E-state index < -0.39 is 0 Å². The molecule has 0 unspecified atom stereocenters. The van der Waals surface area contributed by atoms with E-state index in [0.29, 0.717) is 25.2 Å². The smallest absolute Gasteiger partial charge is 0.253 e. The standard InChI is InChI=1S/C22H26N4O2/c1-24(2)19-8-6-16(7-9-19)17-4-3-5-18(14-17)22(28)26-13-12-25-11-10-23-21(27)20(25)15-26/h3-9,14,20H,10-13,15H2,1-2H3,(H,23,27)/t20-/m0/s1. The van der Waals surface area contributed by atoms with Crippen molar-refractivity contribution in [3.63, 3.8) is 0 Å². The van der Waals surface area contributed by atoms with E-state index in [0.717, 1.165) is 29.9 Å². The Kier molecular flexibility index (Phi) is 5.05. The molecule has 6 nitrogen and oxygen atoms in total. The molecule has 28 heavy (non-hydrogen) atoms. The Morgan fingerprint density at radius 3 is 2.57 bits per heavy atom. The molecular weight excluding hydrogens is 352 g/mol. The van der Waals surface area contributed by atoms with E-state index in [1.807, 2.05) is 38.4 Å². The summed E-state index contributed by atoms with van der Waals surface area (Å²) in [6, 6.07) is 15.8. The number of benzene rings is 2. The van der Waals surface area contributed by atoms with Crippen LogP contribution in [0.15, 0.2) is 48.5 Å². The van der Waals surface area contributed by atoms with Gasteiger partial charge in [-0.2, -0.15) is 0 Å².